The summed E-state index contributed by atoms with van der Waals surface area (Å²) in [5.41, 5.74) is 0. The molecule has 16 heavy (non-hydrogen) atoms. The predicted octanol–water partition coefficient (Wildman–Crippen LogP) is 2.35. The lowest BCUT2D eigenvalue weighted by atomic mass is 9.92. The topological polar surface area (TPSA) is 30.5 Å². The standard InChI is InChI=1S/C13H27NO2/c1-4-6-12(10-15-2)14-11-7-5-8-13(9-11)16-3/h11-14H,4-10H2,1-3H3. The summed E-state index contributed by atoms with van der Waals surface area (Å²) in [7, 11) is 3.61. The first-order valence-corrected chi connectivity index (χ1v) is 6.57. The SMILES string of the molecule is CCCC(COC)NC1CCCC(OC)C1. The molecule has 1 aliphatic carbocycles. The largest absolute Gasteiger partial charge is 0.383 e. The van der Waals surface area contributed by atoms with Crippen molar-refractivity contribution >= 4 is 0 Å². The fourth-order valence-electron chi connectivity index (χ4n) is 2.61. The van der Waals surface area contributed by atoms with Crippen molar-refractivity contribution in [2.24, 2.45) is 0 Å². The summed E-state index contributed by atoms with van der Waals surface area (Å²) in [5.74, 6) is 0. The number of hydrogen-bond donors (Lipinski definition) is 1. The Morgan fingerprint density at radius 1 is 1.31 bits per heavy atom. The lowest BCUT2D eigenvalue weighted by molar-refractivity contribution is 0.0530. The van der Waals surface area contributed by atoms with Crippen molar-refractivity contribution in [3.8, 4) is 0 Å². The second kappa shape index (κ2) is 8.04. The van der Waals surface area contributed by atoms with Crippen LogP contribution in [0.25, 0.3) is 0 Å². The Bertz CT molecular complexity index is 169. The summed E-state index contributed by atoms with van der Waals surface area (Å²) < 4.78 is 10.7. The lowest BCUT2D eigenvalue weighted by Gasteiger charge is -2.32. The zero-order valence-corrected chi connectivity index (χ0v) is 11.0. The Morgan fingerprint density at radius 2 is 2.12 bits per heavy atom. The van der Waals surface area contributed by atoms with Crippen molar-refractivity contribution < 1.29 is 9.47 Å². The van der Waals surface area contributed by atoms with Crippen LogP contribution < -0.4 is 5.32 Å². The molecule has 3 atom stereocenters. The molecule has 1 N–H and O–H groups in total. The van der Waals surface area contributed by atoms with E-state index in [-0.39, 0.29) is 0 Å². The number of methoxy groups -OCH3 is 2. The van der Waals surface area contributed by atoms with Gasteiger partial charge in [-0.05, 0) is 32.1 Å². The number of rotatable bonds is 7. The van der Waals surface area contributed by atoms with E-state index in [2.05, 4.69) is 12.2 Å². The van der Waals surface area contributed by atoms with Crippen LogP contribution in [0.1, 0.15) is 45.4 Å². The number of hydrogen-bond acceptors (Lipinski definition) is 3. The molecule has 0 aromatic carbocycles. The lowest BCUT2D eigenvalue weighted by Crippen LogP contribution is -2.44. The maximum absolute atomic E-state index is 5.45. The third kappa shape index (κ3) is 4.81. The van der Waals surface area contributed by atoms with Gasteiger partial charge in [-0.3, -0.25) is 0 Å². The van der Waals surface area contributed by atoms with Gasteiger partial charge in [0.15, 0.2) is 0 Å². The van der Waals surface area contributed by atoms with E-state index >= 15 is 0 Å². The highest BCUT2D eigenvalue weighted by Gasteiger charge is 2.23. The summed E-state index contributed by atoms with van der Waals surface area (Å²) >= 11 is 0. The Kier molecular flexibility index (Phi) is 7.01. The van der Waals surface area contributed by atoms with Crippen LogP contribution >= 0.6 is 0 Å². The van der Waals surface area contributed by atoms with E-state index in [1.807, 2.05) is 7.11 Å². The molecule has 96 valence electrons. The van der Waals surface area contributed by atoms with E-state index in [1.54, 1.807) is 7.11 Å². The molecular formula is C13H27NO2. The van der Waals surface area contributed by atoms with Gasteiger partial charge in [0.05, 0.1) is 12.7 Å². The minimum atomic E-state index is 0.455. The van der Waals surface area contributed by atoms with Crippen molar-refractivity contribution in [3.05, 3.63) is 0 Å². The Labute approximate surface area is 99.9 Å². The van der Waals surface area contributed by atoms with Crippen LogP contribution in [0.2, 0.25) is 0 Å². The molecule has 3 heteroatoms. The summed E-state index contributed by atoms with van der Waals surface area (Å²) in [6.07, 6.45) is 7.80. The van der Waals surface area contributed by atoms with E-state index in [1.165, 1.54) is 32.1 Å². The molecule has 3 unspecified atom stereocenters. The normalized spacial score (nSPS) is 27.9. The summed E-state index contributed by atoms with van der Waals surface area (Å²) in [4.78, 5) is 0. The number of ether oxygens (including phenoxy) is 2. The maximum Gasteiger partial charge on any atom is 0.0615 e. The van der Waals surface area contributed by atoms with Gasteiger partial charge in [0.1, 0.15) is 0 Å². The van der Waals surface area contributed by atoms with Gasteiger partial charge in [-0.15, -0.1) is 0 Å². The third-order valence-corrected chi connectivity index (χ3v) is 3.44. The Morgan fingerprint density at radius 3 is 2.75 bits per heavy atom. The van der Waals surface area contributed by atoms with Gasteiger partial charge in [0.25, 0.3) is 0 Å². The van der Waals surface area contributed by atoms with Crippen molar-refractivity contribution in [2.45, 2.75) is 63.6 Å². The van der Waals surface area contributed by atoms with Crippen LogP contribution in [0.3, 0.4) is 0 Å². The highest BCUT2D eigenvalue weighted by Crippen LogP contribution is 2.21. The molecule has 3 nitrogen and oxygen atoms in total. The van der Waals surface area contributed by atoms with Crippen molar-refractivity contribution in [1.29, 1.82) is 0 Å². The van der Waals surface area contributed by atoms with Crippen LogP contribution in [0.4, 0.5) is 0 Å². The van der Waals surface area contributed by atoms with Gasteiger partial charge in [-0.2, -0.15) is 0 Å². The molecule has 0 heterocycles. The second-order valence-corrected chi connectivity index (χ2v) is 4.83. The van der Waals surface area contributed by atoms with Gasteiger partial charge in [0, 0.05) is 26.3 Å². The van der Waals surface area contributed by atoms with Gasteiger partial charge >= 0.3 is 0 Å². The summed E-state index contributed by atoms with van der Waals surface area (Å²) in [6.45, 7) is 3.05. The minimum Gasteiger partial charge on any atom is -0.383 e. The first-order chi connectivity index (χ1) is 7.80. The molecule has 0 aromatic heterocycles. The Balaban J connectivity index is 2.31. The maximum atomic E-state index is 5.45. The van der Waals surface area contributed by atoms with E-state index in [4.69, 9.17) is 9.47 Å². The first kappa shape index (κ1) is 13.9. The summed E-state index contributed by atoms with van der Waals surface area (Å²) in [6, 6.07) is 1.13. The molecule has 0 saturated heterocycles. The van der Waals surface area contributed by atoms with Crippen molar-refractivity contribution in [2.75, 3.05) is 20.8 Å². The van der Waals surface area contributed by atoms with Crippen molar-refractivity contribution in [1.82, 2.24) is 5.32 Å². The van der Waals surface area contributed by atoms with Crippen LogP contribution in [-0.4, -0.2) is 39.0 Å². The highest BCUT2D eigenvalue weighted by molar-refractivity contribution is 4.81. The van der Waals surface area contributed by atoms with Crippen LogP contribution in [0.5, 0.6) is 0 Å². The average Bonchev–Trinajstić information content (AvgIpc) is 2.30. The van der Waals surface area contributed by atoms with Crippen LogP contribution in [0, 0.1) is 0 Å². The molecular weight excluding hydrogens is 202 g/mol. The molecule has 0 aromatic rings. The minimum absolute atomic E-state index is 0.455. The molecule has 1 rings (SSSR count). The molecule has 0 amide bonds. The fourth-order valence-corrected chi connectivity index (χ4v) is 2.61. The average molecular weight is 229 g/mol. The van der Waals surface area contributed by atoms with E-state index in [0.717, 1.165) is 13.0 Å². The molecule has 1 fully saturated rings. The van der Waals surface area contributed by atoms with E-state index in [0.29, 0.717) is 18.2 Å². The third-order valence-electron chi connectivity index (χ3n) is 3.44. The predicted molar refractivity (Wildman–Crippen MR) is 66.8 cm³/mol. The zero-order valence-electron chi connectivity index (χ0n) is 11.0. The monoisotopic (exact) mass is 229 g/mol. The molecule has 0 spiro atoms. The zero-order chi connectivity index (χ0) is 11.8. The van der Waals surface area contributed by atoms with Crippen LogP contribution in [-0.2, 0) is 9.47 Å². The molecule has 1 saturated carbocycles. The van der Waals surface area contributed by atoms with Crippen molar-refractivity contribution in [3.63, 3.8) is 0 Å². The molecule has 0 radical (unpaired) electrons. The van der Waals surface area contributed by atoms with Gasteiger partial charge in [-0.25, -0.2) is 0 Å². The van der Waals surface area contributed by atoms with Crippen LogP contribution in [0.15, 0.2) is 0 Å². The first-order valence-electron chi connectivity index (χ1n) is 6.57. The Hall–Kier alpha value is -0.120. The fraction of sp³-hybridized carbons (Fsp3) is 1.00. The van der Waals surface area contributed by atoms with Gasteiger partial charge in [-0.1, -0.05) is 13.3 Å². The van der Waals surface area contributed by atoms with E-state index in [9.17, 15) is 0 Å². The molecule has 0 bridgehead atoms. The molecule has 1 aliphatic rings. The van der Waals surface area contributed by atoms with Gasteiger partial charge < -0.3 is 14.8 Å². The summed E-state index contributed by atoms with van der Waals surface area (Å²) in [5, 5.41) is 3.72. The number of nitrogens with one attached hydrogen (secondary N) is 1. The quantitative estimate of drug-likeness (QED) is 0.727. The second-order valence-electron chi connectivity index (χ2n) is 4.83. The van der Waals surface area contributed by atoms with E-state index < -0.39 is 0 Å². The highest BCUT2D eigenvalue weighted by atomic mass is 16.5. The molecule has 0 aliphatic heterocycles. The smallest absolute Gasteiger partial charge is 0.0615 e. The van der Waals surface area contributed by atoms with Gasteiger partial charge in [0.2, 0.25) is 0 Å².